The predicted octanol–water partition coefficient (Wildman–Crippen LogP) is 4.01. The molecule has 0 radical (unpaired) electrons. The van der Waals surface area contributed by atoms with Crippen molar-refractivity contribution in [1.82, 2.24) is 4.98 Å². The maximum Gasteiger partial charge on any atom is 0.119 e. The summed E-state index contributed by atoms with van der Waals surface area (Å²) in [5.41, 5.74) is 1.83. The van der Waals surface area contributed by atoms with Gasteiger partial charge in [0.15, 0.2) is 0 Å². The van der Waals surface area contributed by atoms with Crippen LogP contribution in [0.25, 0.3) is 0 Å². The zero-order valence-corrected chi connectivity index (χ0v) is 10.9. The summed E-state index contributed by atoms with van der Waals surface area (Å²) in [4.78, 5) is 5.68. The zero-order chi connectivity index (χ0) is 10.2. The molecule has 1 aliphatic carbocycles. The summed E-state index contributed by atoms with van der Waals surface area (Å²) < 4.78 is 0.984. The highest BCUT2D eigenvalue weighted by Gasteiger charge is 2.39. The Kier molecular flexibility index (Phi) is 2.89. The predicted molar refractivity (Wildman–Crippen MR) is 64.9 cm³/mol. The molecule has 0 spiro atoms. The quantitative estimate of drug-likeness (QED) is 0.609. The lowest BCUT2D eigenvalue weighted by Crippen LogP contribution is -2.01. The van der Waals surface area contributed by atoms with Crippen LogP contribution in [0.15, 0.2) is 21.8 Å². The van der Waals surface area contributed by atoms with Crippen LogP contribution in [0, 0.1) is 0 Å². The van der Waals surface area contributed by atoms with Gasteiger partial charge >= 0.3 is 0 Å². The van der Waals surface area contributed by atoms with Crippen molar-refractivity contribution in [2.24, 2.45) is 0 Å². The summed E-state index contributed by atoms with van der Waals surface area (Å²) in [5.74, 6) is 1.10. The van der Waals surface area contributed by atoms with Gasteiger partial charge in [0.25, 0.3) is 0 Å². The maximum absolute atomic E-state index is 4.40. The van der Waals surface area contributed by atoms with Crippen LogP contribution in [0.5, 0.6) is 0 Å². The molecule has 0 N–H and O–H groups in total. The summed E-state index contributed by atoms with van der Waals surface area (Å²) in [6.07, 6.45) is 4.63. The molecule has 0 aromatic carbocycles. The molecule has 1 aromatic rings. The van der Waals surface area contributed by atoms with E-state index in [1.807, 2.05) is 18.0 Å². The van der Waals surface area contributed by atoms with Gasteiger partial charge in [-0.05, 0) is 51.6 Å². The topological polar surface area (TPSA) is 12.9 Å². The van der Waals surface area contributed by atoms with Crippen molar-refractivity contribution in [2.75, 3.05) is 5.75 Å². The minimum atomic E-state index is 0.427. The first-order valence-corrected chi connectivity index (χ1v) is 6.72. The molecule has 0 aliphatic heterocycles. The molecule has 0 amide bonds. The normalized spacial score (nSPS) is 18.2. The van der Waals surface area contributed by atoms with E-state index in [0.29, 0.717) is 5.41 Å². The number of pyridine rings is 1. The fraction of sp³-hybridized carbons (Fsp3) is 0.545. The molecule has 1 nitrogen and oxygen atoms in total. The van der Waals surface area contributed by atoms with Crippen LogP contribution in [0.4, 0.5) is 0 Å². The summed E-state index contributed by atoms with van der Waals surface area (Å²) >= 11 is 5.34. The van der Waals surface area contributed by atoms with Crippen molar-refractivity contribution in [3.05, 3.63) is 22.4 Å². The molecule has 1 heterocycles. The number of rotatable bonds is 3. The molecular weight excluding hydrogens is 258 g/mol. The van der Waals surface area contributed by atoms with E-state index in [-0.39, 0.29) is 0 Å². The van der Waals surface area contributed by atoms with Crippen LogP contribution in [-0.2, 0) is 5.41 Å². The van der Waals surface area contributed by atoms with Crippen LogP contribution in [0.3, 0.4) is 0 Å². The van der Waals surface area contributed by atoms with Crippen LogP contribution < -0.4 is 0 Å². The highest BCUT2D eigenvalue weighted by Crippen LogP contribution is 2.48. The van der Waals surface area contributed by atoms with Crippen LogP contribution in [-0.4, -0.2) is 10.7 Å². The minimum absolute atomic E-state index is 0.427. The van der Waals surface area contributed by atoms with Crippen LogP contribution in [0.1, 0.15) is 32.3 Å². The molecule has 3 heteroatoms. The van der Waals surface area contributed by atoms with Crippen molar-refractivity contribution in [3.8, 4) is 0 Å². The van der Waals surface area contributed by atoms with E-state index in [4.69, 9.17) is 0 Å². The van der Waals surface area contributed by atoms with E-state index in [2.05, 4.69) is 40.8 Å². The second kappa shape index (κ2) is 3.86. The molecule has 14 heavy (non-hydrogen) atoms. The molecular formula is C11H14BrNS. The first kappa shape index (κ1) is 10.5. The van der Waals surface area contributed by atoms with Crippen molar-refractivity contribution >= 4 is 27.7 Å². The number of aromatic nitrogens is 1. The average molecular weight is 272 g/mol. The second-order valence-electron chi connectivity index (χ2n) is 4.01. The molecule has 1 fully saturated rings. The van der Waals surface area contributed by atoms with E-state index < -0.39 is 0 Å². The number of hydrogen-bond donors (Lipinski definition) is 0. The Morgan fingerprint density at radius 1 is 1.57 bits per heavy atom. The second-order valence-corrected chi connectivity index (χ2v) is 6.06. The maximum atomic E-state index is 4.40. The standard InChI is InChI=1S/C11H14BrNS/c1-3-14-9-6-8(7-13-10(9)12)11(2)4-5-11/h6-7H,3-5H2,1-2H3. The Bertz CT molecular complexity index is 347. The van der Waals surface area contributed by atoms with E-state index in [1.54, 1.807) is 0 Å². The molecule has 2 rings (SSSR count). The van der Waals surface area contributed by atoms with Crippen molar-refractivity contribution in [2.45, 2.75) is 37.0 Å². The van der Waals surface area contributed by atoms with Gasteiger partial charge in [0.05, 0.1) is 0 Å². The van der Waals surface area contributed by atoms with Gasteiger partial charge in [0.1, 0.15) is 4.60 Å². The lowest BCUT2D eigenvalue weighted by atomic mass is 10.0. The molecule has 1 aromatic heterocycles. The lowest BCUT2D eigenvalue weighted by molar-refractivity contribution is 0.774. The first-order chi connectivity index (χ1) is 6.65. The van der Waals surface area contributed by atoms with E-state index in [1.165, 1.54) is 23.3 Å². The Morgan fingerprint density at radius 3 is 2.86 bits per heavy atom. The minimum Gasteiger partial charge on any atom is -0.248 e. The third kappa shape index (κ3) is 1.98. The Morgan fingerprint density at radius 2 is 2.29 bits per heavy atom. The van der Waals surface area contributed by atoms with Crippen molar-refractivity contribution in [3.63, 3.8) is 0 Å². The molecule has 1 aliphatic rings. The monoisotopic (exact) mass is 271 g/mol. The smallest absolute Gasteiger partial charge is 0.119 e. The highest BCUT2D eigenvalue weighted by molar-refractivity contribution is 9.10. The van der Waals surface area contributed by atoms with Gasteiger partial charge in [0, 0.05) is 11.1 Å². The fourth-order valence-electron chi connectivity index (χ4n) is 1.49. The third-order valence-electron chi connectivity index (χ3n) is 2.80. The molecule has 0 atom stereocenters. The van der Waals surface area contributed by atoms with Crippen molar-refractivity contribution < 1.29 is 0 Å². The summed E-state index contributed by atoms with van der Waals surface area (Å²) in [7, 11) is 0. The van der Waals surface area contributed by atoms with Gasteiger partial charge < -0.3 is 0 Å². The summed E-state index contributed by atoms with van der Waals surface area (Å²) in [6, 6.07) is 2.29. The van der Waals surface area contributed by atoms with E-state index in [9.17, 15) is 0 Å². The van der Waals surface area contributed by atoms with Gasteiger partial charge in [0.2, 0.25) is 0 Å². The number of halogens is 1. The Balaban J connectivity index is 2.31. The first-order valence-electron chi connectivity index (χ1n) is 4.94. The third-order valence-corrected chi connectivity index (χ3v) is 4.61. The van der Waals surface area contributed by atoms with Crippen LogP contribution in [0.2, 0.25) is 0 Å². The highest BCUT2D eigenvalue weighted by atomic mass is 79.9. The van der Waals surface area contributed by atoms with E-state index >= 15 is 0 Å². The zero-order valence-electron chi connectivity index (χ0n) is 8.51. The molecule has 0 bridgehead atoms. The number of hydrogen-bond acceptors (Lipinski definition) is 2. The summed E-state index contributed by atoms with van der Waals surface area (Å²) in [5, 5.41) is 0. The van der Waals surface area contributed by atoms with Gasteiger partial charge in [-0.25, -0.2) is 4.98 Å². The molecule has 1 saturated carbocycles. The SMILES string of the molecule is CCSc1cc(C2(C)CC2)cnc1Br. The Hall–Kier alpha value is -0.0200. The summed E-state index contributed by atoms with van der Waals surface area (Å²) in [6.45, 7) is 4.49. The Labute approximate surface area is 97.8 Å². The van der Waals surface area contributed by atoms with Gasteiger partial charge in [-0.15, -0.1) is 11.8 Å². The number of thioether (sulfide) groups is 1. The van der Waals surface area contributed by atoms with Crippen LogP contribution >= 0.6 is 27.7 Å². The molecule has 0 saturated heterocycles. The lowest BCUT2D eigenvalue weighted by Gasteiger charge is -2.10. The molecule has 76 valence electrons. The van der Waals surface area contributed by atoms with E-state index in [0.717, 1.165) is 10.4 Å². The molecule has 0 unspecified atom stereocenters. The van der Waals surface area contributed by atoms with Gasteiger partial charge in [-0.2, -0.15) is 0 Å². The van der Waals surface area contributed by atoms with Crippen molar-refractivity contribution in [1.29, 1.82) is 0 Å². The van der Waals surface area contributed by atoms with Gasteiger partial charge in [-0.1, -0.05) is 13.8 Å². The average Bonchev–Trinajstić information content (AvgIpc) is 2.89. The van der Waals surface area contributed by atoms with Gasteiger partial charge in [-0.3, -0.25) is 0 Å². The largest absolute Gasteiger partial charge is 0.248 e. The fourth-order valence-corrected chi connectivity index (χ4v) is 2.74. The number of nitrogens with zero attached hydrogens (tertiary/aromatic N) is 1.